The second-order valence-electron chi connectivity index (χ2n) is 27.8. The minimum Gasteiger partial charge on any atom is -0.508 e. The fraction of sp³-hybridized carbons (Fsp3) is 0.486. The van der Waals surface area contributed by atoms with Gasteiger partial charge in [-0.05, 0) is 107 Å². The molecule has 2 saturated heterocycles. The normalized spacial score (nSPS) is 16.0. The number of aromatic amines is 2. The molecule has 110 heavy (non-hydrogen) atoms. The molecular weight excluding hydrogens is 1450 g/mol. The number of carbonyl (C=O) groups excluding carboxylic acids is 12. The Morgan fingerprint density at radius 1 is 0.727 bits per heavy atom. The summed E-state index contributed by atoms with van der Waals surface area (Å²) in [5.41, 5.74) is 19.0. The number of rotatable bonds is 34. The van der Waals surface area contributed by atoms with Gasteiger partial charge in [0, 0.05) is 85.4 Å². The molecule has 598 valence electrons. The number of anilines is 1. The van der Waals surface area contributed by atoms with Crippen LogP contribution < -0.4 is 75.9 Å². The molecule has 2 aliphatic heterocycles. The number of hydrogen-bond acceptors (Lipinski definition) is 19. The lowest BCUT2D eigenvalue weighted by molar-refractivity contribution is -0.388. The maximum absolute atomic E-state index is 14.8. The number of aromatic nitrogens is 3. The van der Waals surface area contributed by atoms with Gasteiger partial charge in [0.25, 0.3) is 11.6 Å². The monoisotopic (exact) mass is 1540 g/mol. The minimum atomic E-state index is -4.86. The zero-order chi connectivity index (χ0) is 81.3. The van der Waals surface area contributed by atoms with Gasteiger partial charge in [0.05, 0.1) is 30.1 Å². The van der Waals surface area contributed by atoms with Crippen LogP contribution in [-0.4, -0.2) is 198 Å². The number of hydrazine groups is 1. The Morgan fingerprint density at radius 3 is 1.91 bits per heavy atom. The number of halogens is 3. The number of primary amides is 1. The number of nitrogens with zero attached hydrogens (tertiary/aromatic N) is 4. The van der Waals surface area contributed by atoms with E-state index in [2.05, 4.69) is 73.2 Å². The number of H-pyrrole nitrogens is 2. The van der Waals surface area contributed by atoms with Crippen molar-refractivity contribution in [1.82, 2.24) is 73.2 Å². The van der Waals surface area contributed by atoms with E-state index in [1.807, 2.05) is 5.43 Å². The van der Waals surface area contributed by atoms with Gasteiger partial charge in [-0.15, -0.1) is 0 Å². The Bertz CT molecular complexity index is 4110. The lowest BCUT2D eigenvalue weighted by atomic mass is 10.0. The summed E-state index contributed by atoms with van der Waals surface area (Å²) in [7, 11) is 0. The van der Waals surface area contributed by atoms with Crippen LogP contribution in [0.15, 0.2) is 90.4 Å². The van der Waals surface area contributed by atoms with Crippen molar-refractivity contribution in [3.05, 3.63) is 118 Å². The van der Waals surface area contributed by atoms with E-state index in [9.17, 15) is 91.0 Å². The number of likely N-dealkylation sites (tertiary alicyclic amines) is 1. The summed E-state index contributed by atoms with van der Waals surface area (Å²) < 4.78 is 44.0. The number of fused-ring (bicyclic) bond motifs is 1. The summed E-state index contributed by atoms with van der Waals surface area (Å²) in [4.78, 5) is 188. The summed E-state index contributed by atoms with van der Waals surface area (Å²) in [6, 6.07) is 1.62. The molecule has 13 amide bonds. The zero-order valence-electron chi connectivity index (χ0n) is 61.5. The molecule has 2 fully saturated rings. The highest BCUT2D eigenvalue weighted by Crippen LogP contribution is 2.38. The van der Waals surface area contributed by atoms with Crippen molar-refractivity contribution in [1.29, 1.82) is 0 Å². The van der Waals surface area contributed by atoms with E-state index in [-0.39, 0.29) is 100 Å². The van der Waals surface area contributed by atoms with Gasteiger partial charge >= 0.3 is 12.2 Å². The number of alkyl halides is 3. The maximum Gasteiger partial charge on any atom is 0.423 e. The van der Waals surface area contributed by atoms with Crippen LogP contribution in [0.25, 0.3) is 10.9 Å². The number of para-hydroxylation sites is 1. The number of nitro benzene ring substituents is 1. The van der Waals surface area contributed by atoms with E-state index in [4.69, 9.17) is 21.9 Å². The first-order valence-electron chi connectivity index (χ1n) is 35.2. The molecule has 3 aromatic carbocycles. The average Bonchev–Trinajstić information content (AvgIpc) is 1.14. The fourth-order valence-corrected chi connectivity index (χ4v) is 11.5. The molecular formula is C70H95F3N20O17. The van der Waals surface area contributed by atoms with Gasteiger partial charge in [0.2, 0.25) is 59.1 Å². The van der Waals surface area contributed by atoms with Crippen LogP contribution in [0.3, 0.4) is 0 Å². The van der Waals surface area contributed by atoms with Gasteiger partial charge in [-0.1, -0.05) is 58.0 Å². The molecule has 0 saturated carbocycles. The summed E-state index contributed by atoms with van der Waals surface area (Å²) in [5.74, 6) is -9.47. The molecule has 5 aromatic rings. The van der Waals surface area contributed by atoms with Crippen molar-refractivity contribution in [3.63, 3.8) is 0 Å². The number of aliphatic hydroxyl groups excluding tert-OH is 1. The van der Waals surface area contributed by atoms with Gasteiger partial charge < -0.3 is 94.9 Å². The number of carbonyl (C=O) groups is 12. The fourth-order valence-electron chi connectivity index (χ4n) is 11.5. The quantitative estimate of drug-likeness (QED) is 0.00854. The second-order valence-corrected chi connectivity index (χ2v) is 27.8. The van der Waals surface area contributed by atoms with Gasteiger partial charge in [-0.25, -0.2) is 15.2 Å². The number of phenols is 1. The number of phenolic OH excluding ortho intramolecular Hbond substituents is 1. The van der Waals surface area contributed by atoms with Gasteiger partial charge in [0.15, 0.2) is 5.96 Å². The lowest BCUT2D eigenvalue weighted by Crippen LogP contribution is -2.62. The third-order valence-corrected chi connectivity index (χ3v) is 17.1. The summed E-state index contributed by atoms with van der Waals surface area (Å²) >= 11 is 0. The number of aliphatic hydroxyl groups is 1. The topological polar surface area (TPSA) is 568 Å². The number of aromatic hydroxyl groups is 1. The smallest absolute Gasteiger partial charge is 0.423 e. The van der Waals surface area contributed by atoms with E-state index in [0.717, 1.165) is 12.1 Å². The van der Waals surface area contributed by atoms with Crippen LogP contribution in [0, 0.1) is 22.0 Å². The summed E-state index contributed by atoms with van der Waals surface area (Å²) in [6.07, 6.45) is 0.0478. The molecule has 21 N–H and O–H groups in total. The number of amides is 13. The third kappa shape index (κ3) is 27.1. The lowest BCUT2D eigenvalue weighted by Gasteiger charge is -2.31. The predicted molar refractivity (Wildman–Crippen MR) is 390 cm³/mol. The summed E-state index contributed by atoms with van der Waals surface area (Å²) in [6.45, 7) is 10.4. The van der Waals surface area contributed by atoms with E-state index in [1.165, 1.54) is 41.7 Å². The molecule has 0 bridgehead atoms. The third-order valence-electron chi connectivity index (χ3n) is 17.1. The largest absolute Gasteiger partial charge is 0.508 e. The molecule has 4 heterocycles. The van der Waals surface area contributed by atoms with Gasteiger partial charge in [-0.3, -0.25) is 73.3 Å². The van der Waals surface area contributed by atoms with Gasteiger partial charge in [0.1, 0.15) is 65.7 Å². The predicted octanol–water partition coefficient (Wildman–Crippen LogP) is 0.102. The number of aliphatic imine (C=N–C) groups is 1. The Hall–Kier alpha value is -12.0. The first-order chi connectivity index (χ1) is 51.8. The van der Waals surface area contributed by atoms with Crippen molar-refractivity contribution >= 4 is 99.2 Å². The molecule has 0 aliphatic carbocycles. The molecule has 9 atom stereocenters. The number of imidazole rings is 1. The number of hydrogen-bond donors (Lipinski definition) is 18. The van der Waals surface area contributed by atoms with Crippen LogP contribution in [0.1, 0.15) is 116 Å². The Balaban J connectivity index is 0.000000864. The number of guanidine groups is 1. The van der Waals surface area contributed by atoms with Crippen molar-refractivity contribution in [2.75, 3.05) is 31.6 Å². The molecule has 2 aliphatic rings. The Morgan fingerprint density at radius 2 is 1.33 bits per heavy atom. The maximum atomic E-state index is 14.8. The first-order valence-corrected chi connectivity index (χ1v) is 35.2. The summed E-state index contributed by atoms with van der Waals surface area (Å²) in [5, 5.41) is 55.5. The number of nitrogens with two attached hydrogens (primary N) is 3. The number of ether oxygens (including phenoxy) is 1. The van der Waals surface area contributed by atoms with Crippen molar-refractivity contribution < 1.29 is 90.6 Å². The Kier molecular flexibility index (Phi) is 31.8. The van der Waals surface area contributed by atoms with Gasteiger partial charge in [-0.2, -0.15) is 13.2 Å². The van der Waals surface area contributed by atoms with Crippen LogP contribution >= 0.6 is 0 Å². The zero-order valence-corrected chi connectivity index (χ0v) is 61.5. The average molecular weight is 1550 g/mol. The number of urea groups is 1. The molecule has 40 heteroatoms. The van der Waals surface area contributed by atoms with Crippen LogP contribution in [0.5, 0.6) is 5.75 Å². The van der Waals surface area contributed by atoms with Crippen LogP contribution in [0.2, 0.25) is 0 Å². The standard InChI is InChI=1S/C59H84N18O14.C11H11F3N2O3/c1-31(2)22-40(49(82)68-39(12-8-20-64-57(60)61)56(89)77-21-9-13-46(77)55(88)75-76-58(62)90)69-54(87)45(29-91-59(3,4)5)74-50(83)41(23-32-14-16-35(79)17-15-32)70-53(86)44(28-78)73-51(84)42(24-33-26-65-37-11-7-6-10-36(33)37)71-52(85)43(25-34-27-63-30-66-34)72-48(81)38-18-19-47(80)67-38;1-6(2)10(17)15-7-3-4-9(16(18)19)8(5-7)11(12,13)14/h6-7,10-11,14-17,26-27,30-31,38-46,65,78-79H,8-9,12-13,18-25,28-29H2,1-5H3,(H,63,66)(H,67,80)(H,68,82)(H,69,87)(H,70,86)(H,71,85)(H,72,81)(H,73,84)(H,74,83)(H,75,88)(H4,60,61,64)(H3,62,76,90);3-6H,1-2H3,(H,15,17)/t38-,39-,40-,41-,42-,43-,44-,45+,46-;/m0./s1. The van der Waals surface area contributed by atoms with E-state index in [1.54, 1.807) is 78.9 Å². The highest BCUT2D eigenvalue weighted by atomic mass is 19.4. The molecule has 37 nitrogen and oxygen atoms in total. The highest BCUT2D eigenvalue weighted by molar-refractivity contribution is 6.00. The second kappa shape index (κ2) is 40.3. The van der Waals surface area contributed by atoms with Crippen LogP contribution in [-0.2, 0) is 82.9 Å². The SMILES string of the molecule is CC(C)C(=O)Nc1ccc([N+](=O)[O-])c(C(F)(F)F)c1.CC(C)C[C@H](NC(=O)[C@@H](COC(C)(C)C)NC(=O)[C@H](Cc1ccc(O)cc1)NC(=O)[C@H](CO)NC(=O)[C@H](Cc1c[nH]c2ccccc12)NC(=O)[C@H](Cc1cnc[nH]1)NC(=O)[C@@H]1CCC(=O)N1)C(=O)N[C@@H](CCCN=C(N)N)C(=O)N1CCC[C@H]1C(=O)NNC(N)=O. The van der Waals surface area contributed by atoms with E-state index in [0.29, 0.717) is 40.2 Å². The van der Waals surface area contributed by atoms with Crippen molar-refractivity contribution in [2.45, 2.75) is 179 Å². The molecule has 0 spiro atoms. The molecule has 0 radical (unpaired) electrons. The number of nitro groups is 1. The van der Waals surface area contributed by atoms with Crippen molar-refractivity contribution in [3.8, 4) is 5.75 Å². The minimum absolute atomic E-state index is 0.00453. The molecule has 7 rings (SSSR count). The number of nitrogens with one attached hydrogen (secondary N) is 13. The number of benzene rings is 3. The molecule has 0 unspecified atom stereocenters. The first kappa shape index (κ1) is 86.9. The van der Waals surface area contributed by atoms with Crippen LogP contribution in [0.4, 0.5) is 29.3 Å². The van der Waals surface area contributed by atoms with E-state index >= 15 is 0 Å². The Labute approximate surface area is 629 Å². The van der Waals surface area contributed by atoms with E-state index < -0.39 is 167 Å². The highest BCUT2D eigenvalue weighted by Gasteiger charge is 2.42. The van der Waals surface area contributed by atoms with Crippen molar-refractivity contribution in [2.24, 2.45) is 34.0 Å². The molecule has 2 aromatic heterocycles.